The van der Waals surface area contributed by atoms with Crippen molar-refractivity contribution in [3.8, 4) is 0 Å². The van der Waals surface area contributed by atoms with Crippen LogP contribution in [0.5, 0.6) is 0 Å². The van der Waals surface area contributed by atoms with Gasteiger partial charge in [-0.3, -0.25) is 9.59 Å². The second kappa shape index (κ2) is 19.1. The van der Waals surface area contributed by atoms with Crippen molar-refractivity contribution >= 4 is 23.9 Å². The van der Waals surface area contributed by atoms with Crippen LogP contribution in [0.4, 0.5) is 0 Å². The minimum absolute atomic E-state index is 0.0441. The largest absolute Gasteiger partial charge is 0.456 e. The van der Waals surface area contributed by atoms with Crippen molar-refractivity contribution in [1.82, 2.24) is 10.6 Å². The summed E-state index contributed by atoms with van der Waals surface area (Å²) in [6, 6.07) is 14.8. The zero-order valence-corrected chi connectivity index (χ0v) is 36.6. The zero-order chi connectivity index (χ0) is 42.5. The molecule has 7 atom stereocenters. The Balaban J connectivity index is 1.07. The highest BCUT2D eigenvalue weighted by molar-refractivity contribution is 5.95. The van der Waals surface area contributed by atoms with Gasteiger partial charge in [-0.15, -0.1) is 0 Å². The second-order valence-electron chi connectivity index (χ2n) is 18.9. The number of aliphatic hydroxyl groups is 1. The molecule has 10 nitrogen and oxygen atoms in total. The maximum Gasteiger partial charge on any atom is 0.338 e. The van der Waals surface area contributed by atoms with Gasteiger partial charge in [0, 0.05) is 43.5 Å². The summed E-state index contributed by atoms with van der Waals surface area (Å²) in [5.41, 5.74) is 5.07. The van der Waals surface area contributed by atoms with E-state index >= 15 is 0 Å². The highest BCUT2D eigenvalue weighted by Crippen LogP contribution is 2.59. The minimum Gasteiger partial charge on any atom is -0.456 e. The summed E-state index contributed by atoms with van der Waals surface area (Å²) in [6.45, 7) is 11.7. The number of carbonyl (C=O) groups excluding carboxylic acids is 3. The van der Waals surface area contributed by atoms with E-state index < -0.39 is 30.1 Å². The van der Waals surface area contributed by atoms with Crippen molar-refractivity contribution in [1.29, 1.82) is 0 Å². The third kappa shape index (κ3) is 10.3. The number of hydrogen-bond donors (Lipinski definition) is 3. The lowest BCUT2D eigenvalue weighted by molar-refractivity contribution is -0.190. The van der Waals surface area contributed by atoms with Crippen molar-refractivity contribution in [3.05, 3.63) is 88.0 Å². The van der Waals surface area contributed by atoms with E-state index in [2.05, 4.69) is 51.3 Å². The summed E-state index contributed by atoms with van der Waals surface area (Å²) in [5, 5.41) is 14.8. The standard InChI is InChI=1S/C50H68N2O8/c1-6-8-10-22-50(23-11-9-7-2)58-42-30-38(46(55)52-32-34-13-12-14-37(28-34)45(54)51-25-26-53)29-41(44(42)60-50)57-47(56)35-17-15-33(16-18-35)27-36-19-20-43-49(5,59-43)24-21-40-39(36)31-48(40,3)4/h12-18,27-28,30,39-44,53H,6-11,19-26,29,31-32H2,1-5H3,(H,51,54)(H,52,55). The summed E-state index contributed by atoms with van der Waals surface area (Å²) in [5.74, 6) is -0.616. The molecule has 7 unspecified atom stereocenters. The molecule has 10 heteroatoms. The first-order chi connectivity index (χ1) is 28.9. The Morgan fingerprint density at radius 1 is 0.883 bits per heavy atom. The molecule has 326 valence electrons. The van der Waals surface area contributed by atoms with E-state index in [0.717, 1.165) is 81.8 Å². The molecule has 2 aliphatic heterocycles. The fraction of sp³-hybridized carbons (Fsp3) is 0.620. The van der Waals surface area contributed by atoms with E-state index in [4.69, 9.17) is 24.1 Å². The van der Waals surface area contributed by atoms with Gasteiger partial charge in [-0.25, -0.2) is 4.79 Å². The van der Waals surface area contributed by atoms with Gasteiger partial charge in [0.25, 0.3) is 5.91 Å². The number of amides is 2. The van der Waals surface area contributed by atoms with E-state index in [-0.39, 0.29) is 43.5 Å². The molecule has 5 aliphatic rings. The number of hydrogen-bond acceptors (Lipinski definition) is 8. The summed E-state index contributed by atoms with van der Waals surface area (Å²) >= 11 is 0. The predicted molar refractivity (Wildman–Crippen MR) is 232 cm³/mol. The summed E-state index contributed by atoms with van der Waals surface area (Å²) in [7, 11) is 0. The molecule has 0 spiro atoms. The average Bonchev–Trinajstić information content (AvgIpc) is 3.72. The lowest BCUT2D eigenvalue weighted by Crippen LogP contribution is -2.45. The van der Waals surface area contributed by atoms with Gasteiger partial charge in [-0.05, 0) is 111 Å². The first-order valence-corrected chi connectivity index (χ1v) is 22.9. The Morgan fingerprint density at radius 3 is 2.33 bits per heavy atom. The van der Waals surface area contributed by atoms with Crippen molar-refractivity contribution in [2.45, 2.75) is 167 Å². The fourth-order valence-electron chi connectivity index (χ4n) is 10.3. The Kier molecular flexibility index (Phi) is 14.0. The van der Waals surface area contributed by atoms with Crippen LogP contribution in [0.15, 0.2) is 65.8 Å². The van der Waals surface area contributed by atoms with E-state index in [1.165, 1.54) is 18.4 Å². The van der Waals surface area contributed by atoms with Crippen LogP contribution in [0.3, 0.4) is 0 Å². The summed E-state index contributed by atoms with van der Waals surface area (Å²) < 4.78 is 26.1. The molecular formula is C50H68N2O8. The monoisotopic (exact) mass is 824 g/mol. The number of fused-ring (bicyclic) bond motifs is 3. The van der Waals surface area contributed by atoms with Crippen LogP contribution in [0.2, 0.25) is 0 Å². The third-order valence-corrected chi connectivity index (χ3v) is 14.0. The molecular weight excluding hydrogens is 757 g/mol. The highest BCUT2D eigenvalue weighted by Gasteiger charge is 2.56. The maximum absolute atomic E-state index is 14.0. The quantitative estimate of drug-likeness (QED) is 0.0818. The third-order valence-electron chi connectivity index (χ3n) is 14.0. The first-order valence-electron chi connectivity index (χ1n) is 22.9. The number of carbonyl (C=O) groups is 3. The highest BCUT2D eigenvalue weighted by atomic mass is 16.8. The number of rotatable bonds is 17. The number of unbranched alkanes of at least 4 members (excludes halogenated alkanes) is 4. The van der Waals surface area contributed by atoms with Crippen LogP contribution in [0, 0.1) is 17.3 Å². The Labute approximate surface area is 357 Å². The summed E-state index contributed by atoms with van der Waals surface area (Å²) in [6.07, 6.45) is 16.2. The molecule has 2 heterocycles. The molecule has 3 N–H and O–H groups in total. The van der Waals surface area contributed by atoms with Gasteiger partial charge < -0.3 is 34.7 Å². The van der Waals surface area contributed by atoms with Crippen molar-refractivity contribution in [2.24, 2.45) is 17.3 Å². The molecule has 2 aromatic carbocycles. The minimum atomic E-state index is -0.812. The molecule has 2 aromatic rings. The first kappa shape index (κ1) is 44.2. The number of nitrogens with one attached hydrogen (secondary N) is 2. The lowest BCUT2D eigenvalue weighted by atomic mass is 9.52. The molecule has 0 radical (unpaired) electrons. The van der Waals surface area contributed by atoms with Crippen LogP contribution in [0.1, 0.15) is 156 Å². The van der Waals surface area contributed by atoms with E-state index in [9.17, 15) is 14.4 Å². The number of benzene rings is 2. The number of esters is 1. The van der Waals surface area contributed by atoms with Crippen molar-refractivity contribution in [3.63, 3.8) is 0 Å². The van der Waals surface area contributed by atoms with Crippen LogP contribution in [-0.4, -0.2) is 71.8 Å². The molecule has 7 rings (SSSR count). The number of epoxide rings is 1. The molecule has 2 saturated carbocycles. The van der Waals surface area contributed by atoms with Crippen LogP contribution in [0.25, 0.3) is 6.08 Å². The van der Waals surface area contributed by atoms with Gasteiger partial charge in [0.15, 0.2) is 5.79 Å². The smallest absolute Gasteiger partial charge is 0.338 e. The fourth-order valence-corrected chi connectivity index (χ4v) is 10.3. The van der Waals surface area contributed by atoms with Gasteiger partial charge in [0.2, 0.25) is 5.91 Å². The Bertz CT molecular complexity index is 1890. The number of aliphatic hydroxyl groups excluding tert-OH is 1. The molecule has 2 amide bonds. The molecule has 60 heavy (non-hydrogen) atoms. The van der Waals surface area contributed by atoms with E-state index in [0.29, 0.717) is 40.1 Å². The molecule has 0 bridgehead atoms. The Morgan fingerprint density at radius 2 is 1.63 bits per heavy atom. The van der Waals surface area contributed by atoms with Gasteiger partial charge in [-0.1, -0.05) is 89.3 Å². The Hall–Kier alpha value is -3.83. The predicted octanol–water partition coefficient (Wildman–Crippen LogP) is 9.00. The van der Waals surface area contributed by atoms with Gasteiger partial charge >= 0.3 is 5.97 Å². The number of ether oxygens (including phenoxy) is 4. The van der Waals surface area contributed by atoms with Crippen molar-refractivity contribution in [2.75, 3.05) is 13.2 Å². The van der Waals surface area contributed by atoms with E-state index in [1.807, 2.05) is 36.4 Å². The lowest BCUT2D eigenvalue weighted by Gasteiger charge is -2.53. The van der Waals surface area contributed by atoms with E-state index in [1.54, 1.807) is 18.2 Å². The van der Waals surface area contributed by atoms with Crippen LogP contribution < -0.4 is 10.6 Å². The molecule has 0 aromatic heterocycles. The topological polar surface area (TPSA) is 136 Å². The zero-order valence-electron chi connectivity index (χ0n) is 36.6. The van der Waals surface area contributed by atoms with Gasteiger partial charge in [0.1, 0.15) is 18.3 Å². The molecule has 4 fully saturated rings. The summed E-state index contributed by atoms with van der Waals surface area (Å²) in [4.78, 5) is 40.3. The van der Waals surface area contributed by atoms with Crippen LogP contribution >= 0.6 is 0 Å². The maximum atomic E-state index is 14.0. The van der Waals surface area contributed by atoms with Gasteiger partial charge in [0.05, 0.1) is 23.9 Å². The normalized spacial score (nSPS) is 29.3. The molecule has 3 aliphatic carbocycles. The van der Waals surface area contributed by atoms with Crippen LogP contribution in [-0.2, 0) is 30.3 Å². The van der Waals surface area contributed by atoms with Crippen molar-refractivity contribution < 1.29 is 38.4 Å². The molecule has 2 saturated heterocycles. The SMILES string of the molecule is CCCCCC1(CCCCC)OC2C=C(C(=O)NCc3cccc(C(=O)NCCO)c3)CC(OC(=O)c3ccc(C=C4CCC5OC5(C)CCC5C4CC5(C)C)cc3)C2O1. The second-order valence-corrected chi connectivity index (χ2v) is 18.9. The van der Waals surface area contributed by atoms with Gasteiger partial charge in [-0.2, -0.15) is 0 Å². The number of allylic oxidation sites excluding steroid dienone is 1. The average molecular weight is 825 g/mol.